The number of carbonyl (C=O) groups is 1. The molecule has 1 aliphatic heterocycles. The van der Waals surface area contributed by atoms with E-state index < -0.39 is 0 Å². The van der Waals surface area contributed by atoms with E-state index in [9.17, 15) is 4.79 Å². The molecule has 4 heteroatoms. The van der Waals surface area contributed by atoms with Crippen LogP contribution in [0, 0.1) is 11.3 Å². The smallest absolute Gasteiger partial charge is 0.145 e. The van der Waals surface area contributed by atoms with Gasteiger partial charge in [-0.05, 0) is 30.7 Å². The zero-order chi connectivity index (χ0) is 15.4. The second kappa shape index (κ2) is 6.85. The summed E-state index contributed by atoms with van der Waals surface area (Å²) in [6.07, 6.45) is 1.26. The van der Waals surface area contributed by atoms with E-state index in [1.165, 1.54) is 0 Å². The fourth-order valence-electron chi connectivity index (χ4n) is 2.68. The van der Waals surface area contributed by atoms with Crippen molar-refractivity contribution in [3.63, 3.8) is 0 Å². The Hall–Kier alpha value is -1.68. The number of anilines is 1. The third-order valence-electron chi connectivity index (χ3n) is 4.31. The minimum absolute atomic E-state index is 0.143. The van der Waals surface area contributed by atoms with Gasteiger partial charge in [0.1, 0.15) is 5.78 Å². The van der Waals surface area contributed by atoms with Crippen molar-refractivity contribution in [2.75, 3.05) is 32.1 Å². The molecule has 0 amide bonds. The van der Waals surface area contributed by atoms with Crippen LogP contribution in [0.15, 0.2) is 24.3 Å². The Morgan fingerprint density at radius 1 is 1.38 bits per heavy atom. The van der Waals surface area contributed by atoms with E-state index in [-0.39, 0.29) is 24.0 Å². The molecule has 1 fully saturated rings. The quantitative estimate of drug-likeness (QED) is 0.790. The van der Waals surface area contributed by atoms with Gasteiger partial charge in [-0.15, -0.1) is 0 Å². The molecular weight excluding hydrogens is 262 g/mol. The summed E-state index contributed by atoms with van der Waals surface area (Å²) in [6, 6.07) is 8.09. The van der Waals surface area contributed by atoms with E-state index in [1.807, 2.05) is 50.2 Å². The molecule has 1 heterocycles. The van der Waals surface area contributed by atoms with Gasteiger partial charge in [-0.3, -0.25) is 4.79 Å². The largest absolute Gasteiger partial charge is 0.378 e. The van der Waals surface area contributed by atoms with Crippen molar-refractivity contribution < 1.29 is 4.79 Å². The molecular formula is C17H25N3O. The SMILES string of the molecule is CC(C(=O)CC(=N)[C@H]1CCNC1)c1ccc(N(C)C)cc1. The highest BCUT2D eigenvalue weighted by atomic mass is 16.1. The highest BCUT2D eigenvalue weighted by Gasteiger charge is 2.23. The standard InChI is InChI=1S/C17H25N3O/c1-12(13-4-6-15(7-5-13)20(2)3)17(21)10-16(18)14-8-9-19-11-14/h4-7,12,14,18-19H,8-11H2,1-3H3/t12?,14-/m0/s1. The first-order valence-corrected chi connectivity index (χ1v) is 7.57. The lowest BCUT2D eigenvalue weighted by molar-refractivity contribution is -0.119. The van der Waals surface area contributed by atoms with E-state index in [0.29, 0.717) is 5.71 Å². The number of ketones is 1. The molecule has 0 aliphatic carbocycles. The van der Waals surface area contributed by atoms with Crippen LogP contribution >= 0.6 is 0 Å². The minimum atomic E-state index is -0.143. The molecule has 1 aliphatic rings. The summed E-state index contributed by atoms with van der Waals surface area (Å²) in [4.78, 5) is 14.4. The van der Waals surface area contributed by atoms with E-state index >= 15 is 0 Å². The summed E-state index contributed by atoms with van der Waals surface area (Å²) < 4.78 is 0. The number of benzene rings is 1. The third kappa shape index (κ3) is 3.91. The van der Waals surface area contributed by atoms with Crippen molar-refractivity contribution in [3.05, 3.63) is 29.8 Å². The summed E-state index contributed by atoms with van der Waals surface area (Å²) in [5.74, 6) is 0.248. The molecule has 0 bridgehead atoms. The summed E-state index contributed by atoms with van der Waals surface area (Å²) in [5, 5.41) is 11.3. The summed E-state index contributed by atoms with van der Waals surface area (Å²) in [6.45, 7) is 3.74. The van der Waals surface area contributed by atoms with Crippen molar-refractivity contribution in [1.82, 2.24) is 5.32 Å². The fourth-order valence-corrected chi connectivity index (χ4v) is 2.68. The number of hydrogen-bond acceptors (Lipinski definition) is 4. The molecule has 2 atom stereocenters. The predicted octanol–water partition coefficient (Wildman–Crippen LogP) is 2.44. The van der Waals surface area contributed by atoms with Crippen LogP contribution in [0.1, 0.15) is 31.2 Å². The molecule has 1 aromatic carbocycles. The van der Waals surface area contributed by atoms with Gasteiger partial charge in [0.05, 0.1) is 0 Å². The lowest BCUT2D eigenvalue weighted by atomic mass is 9.90. The lowest BCUT2D eigenvalue weighted by Crippen LogP contribution is -2.22. The highest BCUT2D eigenvalue weighted by Crippen LogP contribution is 2.22. The van der Waals surface area contributed by atoms with E-state index in [2.05, 4.69) is 5.32 Å². The zero-order valence-electron chi connectivity index (χ0n) is 13.1. The molecule has 21 heavy (non-hydrogen) atoms. The average molecular weight is 287 g/mol. The maximum atomic E-state index is 12.4. The van der Waals surface area contributed by atoms with Crippen molar-refractivity contribution in [3.8, 4) is 0 Å². The number of rotatable bonds is 6. The zero-order valence-corrected chi connectivity index (χ0v) is 13.1. The number of Topliss-reactive ketones (excluding diaryl/α,β-unsaturated/α-hetero) is 1. The van der Waals surface area contributed by atoms with Gasteiger partial charge in [-0.2, -0.15) is 0 Å². The Kier molecular flexibility index (Phi) is 5.12. The van der Waals surface area contributed by atoms with Crippen LogP contribution in [0.5, 0.6) is 0 Å². The Morgan fingerprint density at radius 2 is 2.05 bits per heavy atom. The Morgan fingerprint density at radius 3 is 2.57 bits per heavy atom. The van der Waals surface area contributed by atoms with Crippen LogP contribution < -0.4 is 10.2 Å². The van der Waals surface area contributed by atoms with Gasteiger partial charge in [-0.1, -0.05) is 19.1 Å². The van der Waals surface area contributed by atoms with Crippen LogP contribution in [-0.4, -0.2) is 38.7 Å². The maximum absolute atomic E-state index is 12.4. The van der Waals surface area contributed by atoms with Crippen molar-refractivity contribution in [1.29, 1.82) is 5.41 Å². The molecule has 4 nitrogen and oxygen atoms in total. The van der Waals surface area contributed by atoms with Gasteiger partial charge < -0.3 is 15.6 Å². The molecule has 0 radical (unpaired) electrons. The van der Waals surface area contributed by atoms with Crippen LogP contribution in [-0.2, 0) is 4.79 Å². The first-order chi connectivity index (χ1) is 9.99. The fraction of sp³-hybridized carbons (Fsp3) is 0.529. The van der Waals surface area contributed by atoms with Gasteiger partial charge in [0.25, 0.3) is 0 Å². The Bertz CT molecular complexity index is 501. The highest BCUT2D eigenvalue weighted by molar-refractivity contribution is 6.04. The first-order valence-electron chi connectivity index (χ1n) is 7.57. The molecule has 0 saturated carbocycles. The van der Waals surface area contributed by atoms with Gasteiger partial charge >= 0.3 is 0 Å². The molecule has 2 rings (SSSR count). The maximum Gasteiger partial charge on any atom is 0.145 e. The van der Waals surface area contributed by atoms with Gasteiger partial charge in [-0.25, -0.2) is 0 Å². The van der Waals surface area contributed by atoms with Gasteiger partial charge in [0.2, 0.25) is 0 Å². The number of carbonyl (C=O) groups excluding carboxylic acids is 1. The van der Waals surface area contributed by atoms with E-state index in [1.54, 1.807) is 0 Å². The molecule has 1 saturated heterocycles. The number of hydrogen-bond donors (Lipinski definition) is 2. The second-order valence-electron chi connectivity index (χ2n) is 6.07. The Labute approximate surface area is 127 Å². The molecule has 0 aromatic heterocycles. The van der Waals surface area contributed by atoms with Crippen LogP contribution in [0.3, 0.4) is 0 Å². The number of nitrogens with zero attached hydrogens (tertiary/aromatic N) is 1. The summed E-state index contributed by atoms with van der Waals surface area (Å²) >= 11 is 0. The van der Waals surface area contributed by atoms with Gasteiger partial charge in [0.15, 0.2) is 0 Å². The summed E-state index contributed by atoms with van der Waals surface area (Å²) in [7, 11) is 4.00. The van der Waals surface area contributed by atoms with Crippen molar-refractivity contribution in [2.24, 2.45) is 5.92 Å². The van der Waals surface area contributed by atoms with Gasteiger partial charge in [0, 0.05) is 50.3 Å². The predicted molar refractivity (Wildman–Crippen MR) is 87.5 cm³/mol. The van der Waals surface area contributed by atoms with Crippen LogP contribution in [0.4, 0.5) is 5.69 Å². The molecule has 114 valence electrons. The topological polar surface area (TPSA) is 56.2 Å². The minimum Gasteiger partial charge on any atom is -0.378 e. The summed E-state index contributed by atoms with van der Waals surface area (Å²) in [5.41, 5.74) is 2.74. The second-order valence-corrected chi connectivity index (χ2v) is 6.07. The average Bonchev–Trinajstić information content (AvgIpc) is 3.00. The number of nitrogens with one attached hydrogen (secondary N) is 2. The molecule has 1 unspecified atom stereocenters. The van der Waals surface area contributed by atoms with Crippen LogP contribution in [0.2, 0.25) is 0 Å². The van der Waals surface area contributed by atoms with Crippen molar-refractivity contribution >= 4 is 17.2 Å². The van der Waals surface area contributed by atoms with E-state index in [4.69, 9.17) is 5.41 Å². The molecule has 1 aromatic rings. The monoisotopic (exact) mass is 287 g/mol. The molecule has 2 N–H and O–H groups in total. The third-order valence-corrected chi connectivity index (χ3v) is 4.31. The lowest BCUT2D eigenvalue weighted by Gasteiger charge is -2.16. The van der Waals surface area contributed by atoms with E-state index in [0.717, 1.165) is 30.8 Å². The molecule has 0 spiro atoms. The van der Waals surface area contributed by atoms with Crippen LogP contribution in [0.25, 0.3) is 0 Å². The first kappa shape index (κ1) is 15.7. The van der Waals surface area contributed by atoms with Crippen molar-refractivity contribution in [2.45, 2.75) is 25.7 Å². The normalized spacial score (nSPS) is 19.3. The Balaban J connectivity index is 1.96.